The third-order valence-electron chi connectivity index (χ3n) is 4.56. The first-order valence-electron chi connectivity index (χ1n) is 8.43. The number of likely N-dealkylation sites (tertiary alicyclic amines) is 1. The Kier molecular flexibility index (Phi) is 5.26. The first kappa shape index (κ1) is 18.4. The van der Waals surface area contributed by atoms with Gasteiger partial charge in [-0.3, -0.25) is 9.10 Å². The van der Waals surface area contributed by atoms with Crippen LogP contribution in [0.15, 0.2) is 35.2 Å². The summed E-state index contributed by atoms with van der Waals surface area (Å²) in [6, 6.07) is 7.12. The second-order valence-corrected chi connectivity index (χ2v) is 8.46. The molecule has 1 aliphatic heterocycles. The molecule has 1 aromatic carbocycles. The molecule has 9 heteroatoms. The molecule has 1 aromatic heterocycles. The maximum Gasteiger partial charge on any atom is 0.243 e. The Morgan fingerprint density at radius 2 is 2.08 bits per heavy atom. The highest BCUT2D eigenvalue weighted by Gasteiger charge is 2.29. The molecule has 0 spiro atoms. The minimum atomic E-state index is -3.56. The van der Waals surface area contributed by atoms with E-state index in [1.54, 1.807) is 23.1 Å². The molecule has 2 heterocycles. The molecule has 0 N–H and O–H groups in total. The first-order chi connectivity index (χ1) is 12.3. The van der Waals surface area contributed by atoms with Gasteiger partial charge in [-0.1, -0.05) is 17.3 Å². The Morgan fingerprint density at radius 1 is 1.35 bits per heavy atom. The molecule has 8 nitrogen and oxygen atoms in total. The van der Waals surface area contributed by atoms with Crippen molar-refractivity contribution in [2.45, 2.75) is 25.7 Å². The van der Waals surface area contributed by atoms with Gasteiger partial charge in [0.1, 0.15) is 6.54 Å². The Balaban J connectivity index is 1.67. The Bertz CT molecular complexity index is 859. The van der Waals surface area contributed by atoms with E-state index in [0.29, 0.717) is 24.6 Å². The number of hydrogen-bond donors (Lipinski definition) is 0. The molecular formula is C17H22N4O4S. The SMILES string of the molecule is Cc1cccc(N(CC(=O)N2CCC(c3ncon3)CC2)S(C)(=O)=O)c1. The highest BCUT2D eigenvalue weighted by Crippen LogP contribution is 2.26. The zero-order valence-corrected chi connectivity index (χ0v) is 15.6. The summed E-state index contributed by atoms with van der Waals surface area (Å²) in [5.41, 5.74) is 1.44. The Morgan fingerprint density at radius 3 is 2.65 bits per heavy atom. The summed E-state index contributed by atoms with van der Waals surface area (Å²) < 4.78 is 30.3. The van der Waals surface area contributed by atoms with E-state index in [0.717, 1.165) is 29.0 Å². The van der Waals surface area contributed by atoms with E-state index in [4.69, 9.17) is 4.52 Å². The summed E-state index contributed by atoms with van der Waals surface area (Å²) >= 11 is 0. The molecule has 140 valence electrons. The Labute approximate surface area is 152 Å². The van der Waals surface area contributed by atoms with Crippen molar-refractivity contribution in [2.75, 3.05) is 30.2 Å². The van der Waals surface area contributed by atoms with Gasteiger partial charge in [0.15, 0.2) is 5.82 Å². The van der Waals surface area contributed by atoms with Gasteiger partial charge in [0.25, 0.3) is 0 Å². The normalized spacial score (nSPS) is 15.8. The number of carbonyl (C=O) groups is 1. The molecular weight excluding hydrogens is 356 g/mol. The molecule has 1 fully saturated rings. The van der Waals surface area contributed by atoms with E-state index >= 15 is 0 Å². The number of aromatic nitrogens is 2. The second kappa shape index (κ2) is 7.45. The number of nitrogens with zero attached hydrogens (tertiary/aromatic N) is 4. The number of sulfonamides is 1. The zero-order valence-electron chi connectivity index (χ0n) is 14.8. The minimum Gasteiger partial charge on any atom is -0.343 e. The number of piperidine rings is 1. The molecule has 0 radical (unpaired) electrons. The van der Waals surface area contributed by atoms with Crippen molar-refractivity contribution in [2.24, 2.45) is 0 Å². The summed E-state index contributed by atoms with van der Waals surface area (Å²) in [6.45, 7) is 2.77. The molecule has 1 amide bonds. The van der Waals surface area contributed by atoms with Crippen molar-refractivity contribution in [3.8, 4) is 0 Å². The van der Waals surface area contributed by atoms with Gasteiger partial charge in [0.05, 0.1) is 11.9 Å². The molecule has 0 saturated carbocycles. The van der Waals surface area contributed by atoms with Gasteiger partial charge in [-0.05, 0) is 37.5 Å². The lowest BCUT2D eigenvalue weighted by molar-refractivity contribution is -0.130. The van der Waals surface area contributed by atoms with Crippen LogP contribution in [0.3, 0.4) is 0 Å². The van der Waals surface area contributed by atoms with Crippen molar-refractivity contribution < 1.29 is 17.7 Å². The lowest BCUT2D eigenvalue weighted by Gasteiger charge is -2.32. The molecule has 2 aromatic rings. The summed E-state index contributed by atoms with van der Waals surface area (Å²) in [5.74, 6) is 0.624. The Hall–Kier alpha value is -2.42. The van der Waals surface area contributed by atoms with Crippen LogP contribution in [0, 0.1) is 6.92 Å². The maximum absolute atomic E-state index is 12.7. The predicted molar refractivity (Wildman–Crippen MR) is 96.2 cm³/mol. The van der Waals surface area contributed by atoms with Gasteiger partial charge < -0.3 is 9.42 Å². The molecule has 0 aliphatic carbocycles. The van der Waals surface area contributed by atoms with E-state index < -0.39 is 10.0 Å². The highest BCUT2D eigenvalue weighted by molar-refractivity contribution is 7.92. The van der Waals surface area contributed by atoms with Crippen LogP contribution < -0.4 is 4.31 Å². The van der Waals surface area contributed by atoms with Crippen LogP contribution in [0.1, 0.15) is 30.1 Å². The number of amides is 1. The summed E-state index contributed by atoms with van der Waals surface area (Å²) in [7, 11) is -3.56. The average molecular weight is 378 g/mol. The third kappa shape index (κ3) is 4.21. The summed E-state index contributed by atoms with van der Waals surface area (Å²) in [4.78, 5) is 18.4. The summed E-state index contributed by atoms with van der Waals surface area (Å²) in [6.07, 6.45) is 3.88. The number of benzene rings is 1. The van der Waals surface area contributed by atoms with Crippen molar-refractivity contribution in [3.63, 3.8) is 0 Å². The molecule has 0 unspecified atom stereocenters. The van der Waals surface area contributed by atoms with Crippen LogP contribution in [0.2, 0.25) is 0 Å². The molecule has 1 saturated heterocycles. The maximum atomic E-state index is 12.7. The van der Waals surface area contributed by atoms with Crippen molar-refractivity contribution >= 4 is 21.6 Å². The number of aryl methyl sites for hydroxylation is 1. The molecule has 3 rings (SSSR count). The molecule has 26 heavy (non-hydrogen) atoms. The fourth-order valence-corrected chi connectivity index (χ4v) is 3.99. The fourth-order valence-electron chi connectivity index (χ4n) is 3.15. The second-order valence-electron chi connectivity index (χ2n) is 6.55. The zero-order chi connectivity index (χ0) is 18.7. The van der Waals surface area contributed by atoms with Crippen LogP contribution in [-0.4, -0.2) is 55.3 Å². The van der Waals surface area contributed by atoms with Gasteiger partial charge in [0.2, 0.25) is 22.3 Å². The van der Waals surface area contributed by atoms with Crippen molar-refractivity contribution in [3.05, 3.63) is 42.0 Å². The minimum absolute atomic E-state index is 0.167. The van der Waals surface area contributed by atoms with E-state index in [1.165, 1.54) is 6.39 Å². The van der Waals surface area contributed by atoms with E-state index in [-0.39, 0.29) is 18.4 Å². The first-order valence-corrected chi connectivity index (χ1v) is 10.3. The van der Waals surface area contributed by atoms with Gasteiger partial charge in [-0.15, -0.1) is 0 Å². The lowest BCUT2D eigenvalue weighted by Crippen LogP contribution is -2.45. The van der Waals surface area contributed by atoms with Crippen LogP contribution in [-0.2, 0) is 14.8 Å². The largest absolute Gasteiger partial charge is 0.343 e. The van der Waals surface area contributed by atoms with Gasteiger partial charge in [-0.25, -0.2) is 8.42 Å². The standard InChI is InChI=1S/C17H22N4O4S/c1-13-4-3-5-15(10-13)21(26(2,23)24)11-16(22)20-8-6-14(7-9-20)17-18-12-25-19-17/h3-5,10,12,14H,6-9,11H2,1-2H3. The van der Waals surface area contributed by atoms with Crippen LogP contribution >= 0.6 is 0 Å². The number of anilines is 1. The van der Waals surface area contributed by atoms with E-state index in [9.17, 15) is 13.2 Å². The van der Waals surface area contributed by atoms with E-state index in [2.05, 4.69) is 10.1 Å². The summed E-state index contributed by atoms with van der Waals surface area (Å²) in [5, 5.41) is 3.86. The molecule has 0 atom stereocenters. The number of carbonyl (C=O) groups excluding carboxylic acids is 1. The van der Waals surface area contributed by atoms with Crippen LogP contribution in [0.25, 0.3) is 0 Å². The topological polar surface area (TPSA) is 96.6 Å². The third-order valence-corrected chi connectivity index (χ3v) is 5.70. The van der Waals surface area contributed by atoms with Crippen LogP contribution in [0.5, 0.6) is 0 Å². The molecule has 0 bridgehead atoms. The van der Waals surface area contributed by atoms with Gasteiger partial charge >= 0.3 is 0 Å². The number of hydrogen-bond acceptors (Lipinski definition) is 6. The van der Waals surface area contributed by atoms with Gasteiger partial charge in [-0.2, -0.15) is 4.98 Å². The van der Waals surface area contributed by atoms with E-state index in [1.807, 2.05) is 13.0 Å². The smallest absolute Gasteiger partial charge is 0.243 e. The van der Waals surface area contributed by atoms with Crippen molar-refractivity contribution in [1.29, 1.82) is 0 Å². The fraction of sp³-hybridized carbons (Fsp3) is 0.471. The molecule has 1 aliphatic rings. The predicted octanol–water partition coefficient (Wildman–Crippen LogP) is 1.55. The highest BCUT2D eigenvalue weighted by atomic mass is 32.2. The lowest BCUT2D eigenvalue weighted by atomic mass is 9.96. The number of rotatable bonds is 5. The van der Waals surface area contributed by atoms with Crippen LogP contribution in [0.4, 0.5) is 5.69 Å². The van der Waals surface area contributed by atoms with Crippen molar-refractivity contribution in [1.82, 2.24) is 15.0 Å². The average Bonchev–Trinajstić information content (AvgIpc) is 3.13. The monoisotopic (exact) mass is 378 g/mol. The quantitative estimate of drug-likeness (QED) is 0.783. The van der Waals surface area contributed by atoms with Gasteiger partial charge in [0, 0.05) is 19.0 Å².